The molecule has 2 aromatic heterocycles. The Morgan fingerprint density at radius 3 is 1.26 bits per heavy atom. The highest BCUT2D eigenvalue weighted by Crippen LogP contribution is 2.52. The van der Waals surface area contributed by atoms with E-state index in [1.165, 1.54) is 11.1 Å². The number of carboxylic acid groups (broad SMARTS) is 1. The van der Waals surface area contributed by atoms with Crippen molar-refractivity contribution in [2.75, 3.05) is 0 Å². The van der Waals surface area contributed by atoms with Gasteiger partial charge < -0.3 is 78.7 Å². The summed E-state index contributed by atoms with van der Waals surface area (Å²) in [5.41, 5.74) is 32.3. The molecule has 19 nitrogen and oxygen atoms in total. The fourth-order valence-electron chi connectivity index (χ4n) is 16.8. The first-order chi connectivity index (χ1) is 48.4. The molecule has 3 fully saturated rings. The number of allylic oxidation sites excluding steroid dienone is 24. The number of pyridine rings is 2. The highest BCUT2D eigenvalue weighted by atomic mass is 127. The average Bonchev–Trinajstić information content (AvgIpc) is 1.58. The number of aliphatic hydroxyl groups is 2. The van der Waals surface area contributed by atoms with Crippen LogP contribution in [0.5, 0.6) is 0 Å². The average molecular weight is 1620 g/mol. The number of carboxylic acids is 1. The molecule has 0 saturated carbocycles. The summed E-state index contributed by atoms with van der Waals surface area (Å²) in [7, 11) is 3.99. The minimum Gasteiger partial charge on any atom is -1.00 e. The van der Waals surface area contributed by atoms with E-state index in [2.05, 4.69) is 122 Å². The standard InChI is InChI=1S/C43H44N6O5.C39H41N5O3.2HI.4H2/c1-8-26-21(3)30-19-33-27(9-2)22(4)40(46-33)39(25-14-16-48(7)17-15-25)41-23(5)28(10-13-37(53)54-49-35(51)11-12-36(49)52)42(47-41)29-18-34(50)38-24(6)31(45-43(29)38)20-32(26)44-30;1-8-24-19(3)28-17-31-25(9-2)20(4)36(42-31)35(23-12-14-44(7)15-13-23)37-21(5)26(10-11-33(46)47)38(43-37)27-16-32(45)34-22(6)29(41-39(27)34)18-30(24)40-28;;;;;;/h14-17,19-20,23,28H,8-13,18H2,1-7H3,(H,44,45,46,50);12-15,17-18,21,26H,8-11,16H2,1-7H3,(H2,40,41,42,45,46,47);6*1H/t23-,28-;21-,26-;;;;;;/m00....../s1. The van der Waals surface area contributed by atoms with Crippen LogP contribution in [0.25, 0.3) is 11.1 Å². The lowest BCUT2D eigenvalue weighted by molar-refractivity contribution is -0.671. The van der Waals surface area contributed by atoms with Gasteiger partial charge in [0.2, 0.25) is 0 Å². The molecular weight excluding hydrogens is 1520 g/mol. The van der Waals surface area contributed by atoms with Crippen LogP contribution in [-0.2, 0) is 38.1 Å². The molecule has 5 N–H and O–H groups in total. The molecule has 2 aliphatic carbocycles. The molecule has 0 radical (unpaired) electrons. The molecule has 540 valence electrons. The topological polar surface area (TPSA) is 247 Å². The fraction of sp³-hybridized carbons (Fsp3) is 0.366. The number of hydrogen-bond acceptors (Lipinski definition) is 15. The number of nitrogens with zero attached hydrogens (tertiary/aromatic N) is 9. The number of imide groups is 1. The van der Waals surface area contributed by atoms with Crippen LogP contribution in [0, 0.1) is 23.7 Å². The maximum atomic E-state index is 13.2. The summed E-state index contributed by atoms with van der Waals surface area (Å²) in [6, 6.07) is 8.44. The van der Waals surface area contributed by atoms with Gasteiger partial charge in [-0.25, -0.2) is 43.9 Å². The molecule has 13 heterocycles. The molecule has 16 bridgehead atoms. The minimum atomic E-state index is -0.821. The van der Waals surface area contributed by atoms with Crippen molar-refractivity contribution < 1.29 is 102 Å². The number of halogens is 2. The second kappa shape index (κ2) is 28.9. The number of aromatic nitrogens is 2. The van der Waals surface area contributed by atoms with E-state index in [4.69, 9.17) is 34.8 Å². The van der Waals surface area contributed by atoms with Crippen molar-refractivity contribution in [3.8, 4) is 0 Å². The second-order valence-corrected chi connectivity index (χ2v) is 28.2. The molecule has 15 rings (SSSR count). The number of aliphatic imine (C=N–C) groups is 6. The van der Waals surface area contributed by atoms with Gasteiger partial charge in [-0.1, -0.05) is 41.5 Å². The van der Waals surface area contributed by atoms with E-state index in [9.17, 15) is 34.5 Å². The number of nitrogens with one attached hydrogen (secondary N) is 2. The highest BCUT2D eigenvalue weighted by molar-refractivity contribution is 6.35. The Morgan fingerprint density at radius 1 is 0.515 bits per heavy atom. The van der Waals surface area contributed by atoms with Gasteiger partial charge in [-0.15, -0.1) is 5.06 Å². The van der Waals surface area contributed by atoms with E-state index >= 15 is 0 Å². The first-order valence-electron chi connectivity index (χ1n) is 35.6. The maximum Gasteiger partial charge on any atom is 0.333 e. The first-order valence-corrected chi connectivity index (χ1v) is 35.6. The summed E-state index contributed by atoms with van der Waals surface area (Å²) in [6.07, 6.45) is 21.3. The third-order valence-corrected chi connectivity index (χ3v) is 22.4. The second-order valence-electron chi connectivity index (χ2n) is 28.2. The van der Waals surface area contributed by atoms with Crippen LogP contribution in [0.2, 0.25) is 0 Å². The molecule has 21 heteroatoms. The van der Waals surface area contributed by atoms with Crippen molar-refractivity contribution >= 4 is 69.2 Å². The van der Waals surface area contributed by atoms with Crippen molar-refractivity contribution in [3.63, 3.8) is 0 Å². The molecule has 2 amide bonds. The lowest BCUT2D eigenvalue weighted by Crippen LogP contribution is -3.00. The van der Waals surface area contributed by atoms with Crippen LogP contribution in [0.1, 0.15) is 177 Å². The smallest absolute Gasteiger partial charge is 0.333 e. The number of hydrogen-bond donors (Lipinski definition) is 5. The van der Waals surface area contributed by atoms with E-state index < -0.39 is 23.8 Å². The molecule has 3 saturated heterocycles. The van der Waals surface area contributed by atoms with Crippen molar-refractivity contribution in [1.29, 1.82) is 0 Å². The monoisotopic (exact) mass is 1620 g/mol. The number of aliphatic carboxylic acids is 1. The lowest BCUT2D eigenvalue weighted by atomic mass is 9.83. The Morgan fingerprint density at radius 2 is 0.883 bits per heavy atom. The van der Waals surface area contributed by atoms with Gasteiger partial charge in [-0.05, 0) is 171 Å². The predicted molar refractivity (Wildman–Crippen MR) is 399 cm³/mol. The van der Waals surface area contributed by atoms with Crippen molar-refractivity contribution in [2.45, 2.75) is 160 Å². The van der Waals surface area contributed by atoms with E-state index in [0.29, 0.717) is 36.5 Å². The molecule has 2 aromatic rings. The number of carbonyl (C=O) groups excluding carboxylic acids is 3. The third-order valence-electron chi connectivity index (χ3n) is 22.4. The predicted octanol–water partition coefficient (Wildman–Crippen LogP) is 9.08. The number of carbonyl (C=O) groups is 4. The number of fused-ring (bicyclic) bond motifs is 10. The zero-order valence-electron chi connectivity index (χ0n) is 60.9. The summed E-state index contributed by atoms with van der Waals surface area (Å²) in [6.45, 7) is 25.5. The highest BCUT2D eigenvalue weighted by Gasteiger charge is 2.46. The van der Waals surface area contributed by atoms with E-state index in [1.807, 2.05) is 67.9 Å². The Balaban J connectivity index is 0.000000258. The van der Waals surface area contributed by atoms with Crippen LogP contribution in [0.15, 0.2) is 250 Å². The van der Waals surface area contributed by atoms with Gasteiger partial charge in [0.15, 0.2) is 24.8 Å². The van der Waals surface area contributed by atoms with Crippen LogP contribution in [0.3, 0.4) is 0 Å². The number of amides is 2. The third kappa shape index (κ3) is 12.7. The number of aliphatic hydroxyl groups excluding tert-OH is 2. The number of hydroxylamine groups is 2. The van der Waals surface area contributed by atoms with Crippen LogP contribution >= 0.6 is 0 Å². The first kappa shape index (κ1) is 73.6. The molecule has 13 aliphatic rings. The van der Waals surface area contributed by atoms with Gasteiger partial charge in [-0.2, -0.15) is 0 Å². The Bertz CT molecular complexity index is 4990. The SMILES string of the molecule is CCC1=C(C)C2=NC1=CC1=C(C)C3=C(O)CC(=C4NC(=C(c5cc[n+](C)cc5)C5=NC(=C2)C(CC)=C5C)[C@@H](C)[C@@H]4CCC(=O)O)C3=N1.CCC1=C(C)C2=NC1=CC1=C(C)C3=C(O)CC(=C4NC(=C(c5cc[n+](C)cc5)C5=NC(=C2)C(CC)=C5C)[C@@H](C)[C@@H]4CCC(=O)ON2C(=O)CCC2=O)C3=N1.[HH].[HH].[HH].[HH].[I-].[I-]. The zero-order chi connectivity index (χ0) is 71.5. The fourth-order valence-corrected chi connectivity index (χ4v) is 16.8. The molecule has 11 aliphatic heterocycles. The molecular formula is C82H95I2N11O8. The number of rotatable bonds is 13. The van der Waals surface area contributed by atoms with Crippen LogP contribution < -0.4 is 67.7 Å². The molecule has 103 heavy (non-hydrogen) atoms. The Labute approximate surface area is 641 Å². The molecule has 0 aromatic carbocycles. The van der Waals surface area contributed by atoms with E-state index in [0.717, 1.165) is 206 Å². The van der Waals surface area contributed by atoms with Crippen molar-refractivity contribution in [2.24, 2.45) is 67.7 Å². The Hall–Kier alpha value is -9.10. The summed E-state index contributed by atoms with van der Waals surface area (Å²) in [4.78, 5) is 86.3. The van der Waals surface area contributed by atoms with E-state index in [1.54, 1.807) is 0 Å². The maximum absolute atomic E-state index is 13.2. The summed E-state index contributed by atoms with van der Waals surface area (Å²) < 4.78 is 4.02. The number of aryl methyl sites for hydroxylation is 2. The quantitative estimate of drug-likeness (QED) is 0.0723. The largest absolute Gasteiger partial charge is 1.00 e. The normalized spacial score (nSPS) is 23.1. The molecule has 0 spiro atoms. The van der Waals surface area contributed by atoms with Gasteiger partial charge in [0, 0.05) is 148 Å². The lowest BCUT2D eigenvalue weighted by Gasteiger charge is -2.19. The minimum absolute atomic E-state index is 0. The van der Waals surface area contributed by atoms with Gasteiger partial charge in [0.05, 0.1) is 68.5 Å². The summed E-state index contributed by atoms with van der Waals surface area (Å²) in [5, 5.41) is 41.0. The Kier molecular flexibility index (Phi) is 20.6. The van der Waals surface area contributed by atoms with Crippen LogP contribution in [-0.4, -0.2) is 78.4 Å². The van der Waals surface area contributed by atoms with Crippen LogP contribution in [0.4, 0.5) is 0 Å². The van der Waals surface area contributed by atoms with Crippen molar-refractivity contribution in [3.05, 3.63) is 231 Å². The zero-order valence-corrected chi connectivity index (χ0v) is 65.2. The van der Waals surface area contributed by atoms with E-state index in [-0.39, 0.29) is 109 Å². The summed E-state index contributed by atoms with van der Waals surface area (Å²) in [5.74, 6) is -2.42. The van der Waals surface area contributed by atoms with Crippen molar-refractivity contribution in [1.82, 2.24) is 15.7 Å². The van der Waals surface area contributed by atoms with Gasteiger partial charge >= 0.3 is 11.9 Å². The van der Waals surface area contributed by atoms with Gasteiger partial charge in [0.25, 0.3) is 11.8 Å². The summed E-state index contributed by atoms with van der Waals surface area (Å²) >= 11 is 0. The molecule has 4 atom stereocenters. The van der Waals surface area contributed by atoms with Gasteiger partial charge in [-0.3, -0.25) is 14.4 Å². The van der Waals surface area contributed by atoms with Gasteiger partial charge in [0.1, 0.15) is 25.6 Å². The molecule has 0 unspecified atom stereocenters.